The average Bonchev–Trinajstić information content (AvgIpc) is 3.24. The molecule has 1 saturated carbocycles. The lowest BCUT2D eigenvalue weighted by molar-refractivity contribution is 1.13. The molecule has 0 amide bonds. The summed E-state index contributed by atoms with van der Waals surface area (Å²) in [7, 11) is 0. The van der Waals surface area contributed by atoms with E-state index in [1.54, 1.807) is 0 Å². The molecule has 1 radical (unpaired) electrons. The summed E-state index contributed by atoms with van der Waals surface area (Å²) in [5.74, 6) is 0.798. The van der Waals surface area contributed by atoms with Crippen molar-refractivity contribution in [1.82, 2.24) is 0 Å². The monoisotopic (exact) mass is 221 g/mol. The highest BCUT2D eigenvalue weighted by molar-refractivity contribution is 5.64. The van der Waals surface area contributed by atoms with Gasteiger partial charge >= 0.3 is 0 Å². The molecule has 2 aromatic rings. The van der Waals surface area contributed by atoms with Gasteiger partial charge in [-0.3, -0.25) is 0 Å². The van der Waals surface area contributed by atoms with Crippen LogP contribution >= 0.6 is 0 Å². The normalized spacial score (nSPS) is 14.9. The van der Waals surface area contributed by atoms with Gasteiger partial charge in [0.1, 0.15) is 0 Å². The third kappa shape index (κ3) is 2.26. The third-order valence-electron chi connectivity index (χ3n) is 3.55. The number of benzene rings is 2. The summed E-state index contributed by atoms with van der Waals surface area (Å²) >= 11 is 0. The van der Waals surface area contributed by atoms with E-state index in [-0.39, 0.29) is 0 Å². The Hall–Kier alpha value is -1.56. The van der Waals surface area contributed by atoms with Gasteiger partial charge in [0, 0.05) is 0 Å². The minimum Gasteiger partial charge on any atom is -0.0613 e. The van der Waals surface area contributed by atoms with Crippen LogP contribution in [0.25, 0.3) is 11.1 Å². The summed E-state index contributed by atoms with van der Waals surface area (Å²) in [6.07, 6.45) is 3.80. The molecule has 0 aliphatic heterocycles. The van der Waals surface area contributed by atoms with Crippen molar-refractivity contribution >= 4 is 0 Å². The molecule has 17 heavy (non-hydrogen) atoms. The summed E-state index contributed by atoms with van der Waals surface area (Å²) in [5.41, 5.74) is 5.35. The molecule has 0 nitrogen and oxygen atoms in total. The maximum Gasteiger partial charge on any atom is -0.0140 e. The molecule has 0 bridgehead atoms. The van der Waals surface area contributed by atoms with Crippen molar-refractivity contribution in [3.05, 3.63) is 59.7 Å². The van der Waals surface area contributed by atoms with Crippen LogP contribution in [0, 0.1) is 6.07 Å². The van der Waals surface area contributed by atoms with Crippen molar-refractivity contribution in [2.75, 3.05) is 0 Å². The van der Waals surface area contributed by atoms with Gasteiger partial charge in [-0.25, -0.2) is 0 Å². The van der Waals surface area contributed by atoms with Gasteiger partial charge in [0.05, 0.1) is 0 Å². The van der Waals surface area contributed by atoms with Crippen LogP contribution in [-0.2, 0) is 6.42 Å². The maximum atomic E-state index is 3.43. The van der Waals surface area contributed by atoms with Crippen LogP contribution in [0.5, 0.6) is 0 Å². The molecule has 1 aliphatic rings. The zero-order valence-corrected chi connectivity index (χ0v) is 10.2. The molecule has 0 heteroatoms. The first-order chi connectivity index (χ1) is 8.36. The SMILES string of the molecule is CCc1ccc(-c2c[c]c(C3CC3)cc2)cc1. The maximum absolute atomic E-state index is 3.43. The summed E-state index contributed by atoms with van der Waals surface area (Å²) in [6.45, 7) is 2.19. The van der Waals surface area contributed by atoms with E-state index in [1.807, 2.05) is 0 Å². The van der Waals surface area contributed by atoms with Crippen molar-refractivity contribution in [3.8, 4) is 11.1 Å². The fraction of sp³-hybridized carbons (Fsp3) is 0.294. The van der Waals surface area contributed by atoms with Crippen LogP contribution in [0.3, 0.4) is 0 Å². The van der Waals surface area contributed by atoms with Crippen LogP contribution in [0.4, 0.5) is 0 Å². The Morgan fingerprint density at radius 2 is 1.71 bits per heavy atom. The van der Waals surface area contributed by atoms with E-state index in [0.29, 0.717) is 0 Å². The Kier molecular flexibility index (Phi) is 2.72. The molecule has 1 fully saturated rings. The first-order valence-corrected chi connectivity index (χ1v) is 6.48. The fourth-order valence-electron chi connectivity index (χ4n) is 2.20. The molecule has 0 atom stereocenters. The number of hydrogen-bond acceptors (Lipinski definition) is 0. The van der Waals surface area contributed by atoms with E-state index < -0.39 is 0 Å². The van der Waals surface area contributed by atoms with Gasteiger partial charge in [-0.1, -0.05) is 43.3 Å². The van der Waals surface area contributed by atoms with E-state index in [9.17, 15) is 0 Å². The minimum atomic E-state index is 0.798. The summed E-state index contributed by atoms with van der Waals surface area (Å²) in [6, 6.07) is 18.9. The van der Waals surface area contributed by atoms with Gasteiger partial charge in [-0.2, -0.15) is 0 Å². The standard InChI is InChI=1S/C17H17/c1-2-13-3-5-14(6-4-13)15-7-9-16(10-8-15)17-11-12-17/h3-9,17H,2,11-12H2,1H3. The molecule has 2 aromatic carbocycles. The predicted molar refractivity (Wildman–Crippen MR) is 72.1 cm³/mol. The molecule has 0 spiro atoms. The molecule has 0 unspecified atom stereocenters. The average molecular weight is 221 g/mol. The van der Waals surface area contributed by atoms with Crippen molar-refractivity contribution < 1.29 is 0 Å². The van der Waals surface area contributed by atoms with Gasteiger partial charge in [0.15, 0.2) is 0 Å². The topological polar surface area (TPSA) is 0 Å². The Bertz CT molecular complexity index is 487. The number of hydrogen-bond donors (Lipinski definition) is 0. The summed E-state index contributed by atoms with van der Waals surface area (Å²) in [4.78, 5) is 0. The molecular weight excluding hydrogens is 204 g/mol. The van der Waals surface area contributed by atoms with Gasteiger partial charge in [0.2, 0.25) is 0 Å². The lowest BCUT2D eigenvalue weighted by Crippen LogP contribution is -1.83. The van der Waals surface area contributed by atoms with Gasteiger partial charge in [-0.15, -0.1) is 0 Å². The van der Waals surface area contributed by atoms with Crippen LogP contribution in [0.2, 0.25) is 0 Å². The van der Waals surface area contributed by atoms with Crippen LogP contribution in [0.15, 0.2) is 42.5 Å². The number of aryl methyl sites for hydroxylation is 1. The van der Waals surface area contributed by atoms with Crippen molar-refractivity contribution in [2.24, 2.45) is 0 Å². The second kappa shape index (κ2) is 4.37. The van der Waals surface area contributed by atoms with E-state index in [2.05, 4.69) is 55.5 Å². The Balaban J connectivity index is 1.86. The van der Waals surface area contributed by atoms with Crippen LogP contribution < -0.4 is 0 Å². The molecule has 0 N–H and O–H groups in total. The number of rotatable bonds is 3. The second-order valence-electron chi connectivity index (χ2n) is 4.86. The second-order valence-corrected chi connectivity index (χ2v) is 4.86. The molecule has 1 aliphatic carbocycles. The Morgan fingerprint density at radius 1 is 1.00 bits per heavy atom. The molecule has 0 saturated heterocycles. The van der Waals surface area contributed by atoms with E-state index in [4.69, 9.17) is 0 Å². The van der Waals surface area contributed by atoms with Crippen LogP contribution in [-0.4, -0.2) is 0 Å². The van der Waals surface area contributed by atoms with Crippen LogP contribution in [0.1, 0.15) is 36.8 Å². The van der Waals surface area contributed by atoms with E-state index in [0.717, 1.165) is 12.3 Å². The summed E-state index contributed by atoms with van der Waals surface area (Å²) in [5, 5.41) is 0. The van der Waals surface area contributed by atoms with Crippen molar-refractivity contribution in [3.63, 3.8) is 0 Å². The highest BCUT2D eigenvalue weighted by atomic mass is 14.3. The smallest absolute Gasteiger partial charge is 0.0140 e. The van der Waals surface area contributed by atoms with Gasteiger partial charge in [-0.05, 0) is 59.6 Å². The van der Waals surface area contributed by atoms with E-state index in [1.165, 1.54) is 35.1 Å². The lowest BCUT2D eigenvalue weighted by atomic mass is 10.0. The summed E-state index contributed by atoms with van der Waals surface area (Å²) < 4.78 is 0. The van der Waals surface area contributed by atoms with E-state index >= 15 is 0 Å². The van der Waals surface area contributed by atoms with Gasteiger partial charge in [0.25, 0.3) is 0 Å². The highest BCUT2D eigenvalue weighted by Crippen LogP contribution is 2.40. The molecule has 3 rings (SSSR count). The zero-order valence-electron chi connectivity index (χ0n) is 10.2. The zero-order chi connectivity index (χ0) is 11.7. The van der Waals surface area contributed by atoms with Gasteiger partial charge < -0.3 is 0 Å². The molecular formula is C17H17. The molecule has 0 aromatic heterocycles. The molecule has 85 valence electrons. The van der Waals surface area contributed by atoms with Crippen molar-refractivity contribution in [1.29, 1.82) is 0 Å². The Morgan fingerprint density at radius 3 is 2.24 bits per heavy atom. The molecule has 0 heterocycles. The largest absolute Gasteiger partial charge is 0.0613 e. The predicted octanol–water partition coefficient (Wildman–Crippen LogP) is 4.59. The first-order valence-electron chi connectivity index (χ1n) is 6.48. The third-order valence-corrected chi connectivity index (χ3v) is 3.55. The fourth-order valence-corrected chi connectivity index (χ4v) is 2.20. The Labute approximate surface area is 103 Å². The quantitative estimate of drug-likeness (QED) is 0.711. The minimum absolute atomic E-state index is 0.798. The first kappa shape index (κ1) is 10.6. The van der Waals surface area contributed by atoms with Crippen molar-refractivity contribution in [2.45, 2.75) is 32.1 Å². The lowest BCUT2D eigenvalue weighted by Gasteiger charge is -2.04. The highest BCUT2D eigenvalue weighted by Gasteiger charge is 2.23.